The van der Waals surface area contributed by atoms with Crippen molar-refractivity contribution in [2.75, 3.05) is 0 Å². The number of hydrogen-bond donors (Lipinski definition) is 3. The molecule has 0 aliphatic heterocycles. The Bertz CT molecular complexity index is 1770. The molecule has 0 radical (unpaired) electrons. The standard InChI is InChI=1S/C57H90N2O3.C3H8.CH4/c1-12-13-14-15-16-17-18-19-20-21-22-23-24-25-26-27-28-29-30-33-48(61)58-52(5,6)53(7,8)59-50(62)57-38-31-32-43(2)49(57)44-34-35-46-54(9)39-37-47(60)51(3,4)45(54)36-40-56(46,11)55(44,10)41-42-57;1-3-2;/h13-14,16-17,19-20,22-23,25-26,28-29,34,43,45-47,49,60H,12,15,18,21,24,27,30-33,35-42H2,1-11H3,(H,58,61)(H,59,62);3H2,1-2H3;1H4/b14-13-,17-16-,20-19-,23-22-,26-25-,29-28-;;/t43?,45?,46?,47?,49?,54?,55-,56?,57?;;/m1../s1. The topological polar surface area (TPSA) is 78.4 Å². The monoisotopic (exact) mass is 911 g/mol. The summed E-state index contributed by atoms with van der Waals surface area (Å²) in [6.45, 7) is 29.6. The summed E-state index contributed by atoms with van der Waals surface area (Å²) in [5, 5.41) is 18.1. The maximum atomic E-state index is 15.1. The van der Waals surface area contributed by atoms with Gasteiger partial charge in [-0.3, -0.25) is 9.59 Å². The SMILES string of the molecule is C.CC/C=C\C/C=C\C/C=C\C/C=C\C/C=C\C/C=C\CCC(=O)NC(C)(C)C(C)(C)NC(=O)C12CCCC(C)C1C1=CCC3C4(C)CCC(O)C(C)(C)C4CCC3(C)[C@]1(C)CC2.CCC. The summed E-state index contributed by atoms with van der Waals surface area (Å²) in [5.41, 5.74) is 0.211. The van der Waals surface area contributed by atoms with Gasteiger partial charge in [-0.15, -0.1) is 0 Å². The van der Waals surface area contributed by atoms with Crippen LogP contribution in [0.3, 0.4) is 0 Å². The number of fused-ring (bicyclic) bond motifs is 7. The second kappa shape index (κ2) is 24.6. The van der Waals surface area contributed by atoms with Crippen LogP contribution in [0.1, 0.15) is 219 Å². The molecule has 5 aliphatic rings. The highest BCUT2D eigenvalue weighted by Gasteiger charge is 2.69. The Morgan fingerprint density at radius 2 is 1.20 bits per heavy atom. The first-order valence-corrected chi connectivity index (χ1v) is 26.6. The average Bonchev–Trinajstić information content (AvgIpc) is 3.23. The third-order valence-corrected chi connectivity index (χ3v) is 18.4. The molecule has 374 valence electrons. The molecule has 5 aliphatic carbocycles. The van der Waals surface area contributed by atoms with Gasteiger partial charge in [-0.25, -0.2) is 0 Å². The Labute approximate surface area is 407 Å². The minimum atomic E-state index is -0.655. The lowest BCUT2D eigenvalue weighted by atomic mass is 9.33. The minimum absolute atomic E-state index is 0. The van der Waals surface area contributed by atoms with Crippen LogP contribution in [0.2, 0.25) is 0 Å². The van der Waals surface area contributed by atoms with Crippen molar-refractivity contribution in [3.05, 3.63) is 84.6 Å². The molecule has 0 spiro atoms. The quantitative estimate of drug-likeness (QED) is 0.120. The van der Waals surface area contributed by atoms with Crippen molar-refractivity contribution in [2.24, 2.45) is 50.7 Å². The van der Waals surface area contributed by atoms with E-state index in [2.05, 4.69) is 180 Å². The predicted octanol–water partition coefficient (Wildman–Crippen LogP) is 16.1. The van der Waals surface area contributed by atoms with Crippen molar-refractivity contribution < 1.29 is 14.7 Å². The van der Waals surface area contributed by atoms with Gasteiger partial charge in [-0.1, -0.05) is 174 Å². The molecule has 2 amide bonds. The van der Waals surface area contributed by atoms with Crippen LogP contribution in [0.25, 0.3) is 0 Å². The first kappa shape index (κ1) is 57.4. The summed E-state index contributed by atoms with van der Waals surface area (Å²) < 4.78 is 0. The zero-order valence-electron chi connectivity index (χ0n) is 44.1. The van der Waals surface area contributed by atoms with Crippen LogP contribution >= 0.6 is 0 Å². The second-order valence-corrected chi connectivity index (χ2v) is 23.6. The molecule has 0 bridgehead atoms. The molecule has 3 N–H and O–H groups in total. The van der Waals surface area contributed by atoms with Crippen molar-refractivity contribution in [3.63, 3.8) is 0 Å². The van der Waals surface area contributed by atoms with Gasteiger partial charge >= 0.3 is 0 Å². The molecule has 0 saturated heterocycles. The summed E-state index contributed by atoms with van der Waals surface area (Å²) in [5.74, 6) is 1.99. The van der Waals surface area contributed by atoms with E-state index in [4.69, 9.17) is 0 Å². The van der Waals surface area contributed by atoms with Crippen molar-refractivity contribution in [2.45, 2.75) is 237 Å². The third-order valence-electron chi connectivity index (χ3n) is 18.4. The summed E-state index contributed by atoms with van der Waals surface area (Å²) in [6, 6.07) is 0. The van der Waals surface area contributed by atoms with Crippen LogP contribution in [0.4, 0.5) is 0 Å². The lowest BCUT2D eigenvalue weighted by molar-refractivity contribution is -0.204. The highest BCUT2D eigenvalue weighted by atomic mass is 16.3. The van der Waals surface area contributed by atoms with Gasteiger partial charge in [0.2, 0.25) is 11.8 Å². The molecule has 9 atom stereocenters. The van der Waals surface area contributed by atoms with E-state index >= 15 is 4.79 Å². The smallest absolute Gasteiger partial charge is 0.227 e. The molecule has 0 heterocycles. The van der Waals surface area contributed by atoms with E-state index in [0.717, 1.165) is 83.5 Å². The molecule has 5 heteroatoms. The van der Waals surface area contributed by atoms with E-state index in [1.807, 2.05) is 0 Å². The molecule has 5 nitrogen and oxygen atoms in total. The maximum Gasteiger partial charge on any atom is 0.227 e. The number of nitrogens with one attached hydrogen (secondary N) is 2. The molecule has 0 aromatic rings. The fraction of sp³-hybridized carbons (Fsp3) is 0.738. The van der Waals surface area contributed by atoms with Gasteiger partial charge in [0.25, 0.3) is 0 Å². The zero-order chi connectivity index (χ0) is 48.2. The largest absolute Gasteiger partial charge is 0.393 e. The Hall–Kier alpha value is -2.92. The van der Waals surface area contributed by atoms with Crippen molar-refractivity contribution >= 4 is 11.8 Å². The van der Waals surface area contributed by atoms with Crippen LogP contribution in [-0.2, 0) is 9.59 Å². The second-order valence-electron chi connectivity index (χ2n) is 23.6. The number of amides is 2. The summed E-state index contributed by atoms with van der Waals surface area (Å²) in [7, 11) is 0. The van der Waals surface area contributed by atoms with E-state index in [1.165, 1.54) is 25.7 Å². The number of aliphatic hydroxyl groups is 1. The number of carbonyl (C=O) groups is 2. The predicted molar refractivity (Wildman–Crippen MR) is 285 cm³/mol. The van der Waals surface area contributed by atoms with Crippen LogP contribution in [0, 0.1) is 50.7 Å². The van der Waals surface area contributed by atoms with Gasteiger partial charge in [0.15, 0.2) is 0 Å². The van der Waals surface area contributed by atoms with Crippen LogP contribution in [0.5, 0.6) is 0 Å². The Morgan fingerprint density at radius 3 is 1.74 bits per heavy atom. The molecule has 4 fully saturated rings. The number of hydrogen-bond acceptors (Lipinski definition) is 3. The van der Waals surface area contributed by atoms with Crippen LogP contribution in [-0.4, -0.2) is 34.1 Å². The molecule has 8 unspecified atom stereocenters. The van der Waals surface area contributed by atoms with Crippen molar-refractivity contribution in [1.82, 2.24) is 10.6 Å². The molecular weight excluding hydrogens is 809 g/mol. The lowest BCUT2D eigenvalue weighted by Crippen LogP contribution is -2.69. The van der Waals surface area contributed by atoms with Crippen LogP contribution < -0.4 is 10.6 Å². The van der Waals surface area contributed by atoms with Crippen molar-refractivity contribution in [3.8, 4) is 0 Å². The van der Waals surface area contributed by atoms with E-state index < -0.39 is 16.5 Å². The van der Waals surface area contributed by atoms with E-state index in [0.29, 0.717) is 30.6 Å². The number of rotatable bonds is 18. The molecule has 4 saturated carbocycles. The Morgan fingerprint density at radius 1 is 0.682 bits per heavy atom. The summed E-state index contributed by atoms with van der Waals surface area (Å²) >= 11 is 0. The normalized spacial score (nSPS) is 33.2. The molecule has 0 aromatic heterocycles. The summed E-state index contributed by atoms with van der Waals surface area (Å²) in [6.07, 6.45) is 47.6. The third kappa shape index (κ3) is 12.4. The fourth-order valence-corrected chi connectivity index (χ4v) is 13.7. The van der Waals surface area contributed by atoms with Gasteiger partial charge in [0.05, 0.1) is 22.6 Å². The van der Waals surface area contributed by atoms with Gasteiger partial charge in [0, 0.05) is 6.42 Å². The van der Waals surface area contributed by atoms with Crippen LogP contribution in [0.15, 0.2) is 84.6 Å². The highest BCUT2D eigenvalue weighted by Crippen LogP contribution is 2.75. The lowest BCUT2D eigenvalue weighted by Gasteiger charge is -2.71. The molecular formula is C61H102N2O3. The number of allylic oxidation sites excluding steroid dienone is 14. The first-order valence-electron chi connectivity index (χ1n) is 26.6. The molecule has 66 heavy (non-hydrogen) atoms. The van der Waals surface area contributed by atoms with E-state index in [9.17, 15) is 9.90 Å². The Kier molecular flexibility index (Phi) is 21.4. The van der Waals surface area contributed by atoms with Gasteiger partial charge in [-0.2, -0.15) is 0 Å². The molecule has 0 aromatic carbocycles. The van der Waals surface area contributed by atoms with E-state index in [1.54, 1.807) is 5.57 Å². The van der Waals surface area contributed by atoms with E-state index in [-0.39, 0.29) is 52.9 Å². The first-order chi connectivity index (χ1) is 30.6. The fourth-order valence-electron chi connectivity index (χ4n) is 13.7. The summed E-state index contributed by atoms with van der Waals surface area (Å²) in [4.78, 5) is 28.4. The van der Waals surface area contributed by atoms with Gasteiger partial charge < -0.3 is 15.7 Å². The van der Waals surface area contributed by atoms with Crippen molar-refractivity contribution in [1.29, 1.82) is 0 Å². The maximum absolute atomic E-state index is 15.1. The molecule has 5 rings (SSSR count). The average molecular weight is 911 g/mol. The number of aliphatic hydroxyl groups excluding tert-OH is 1. The van der Waals surface area contributed by atoms with Gasteiger partial charge in [0.1, 0.15) is 0 Å². The Balaban J connectivity index is 0.00000281. The zero-order valence-corrected chi connectivity index (χ0v) is 44.1. The highest BCUT2D eigenvalue weighted by molar-refractivity contribution is 5.85. The van der Waals surface area contributed by atoms with Gasteiger partial charge in [-0.05, 0) is 169 Å². The minimum Gasteiger partial charge on any atom is -0.393 e. The number of carbonyl (C=O) groups excluding carboxylic acids is 2.